The Kier molecular flexibility index (Phi) is 7.15. The van der Waals surface area contributed by atoms with E-state index < -0.39 is 0 Å². The number of hydrogen-bond acceptors (Lipinski definition) is 2. The minimum atomic E-state index is -0.00841. The Hall–Kier alpha value is -1.71. The fourth-order valence-corrected chi connectivity index (χ4v) is 3.08. The van der Waals surface area contributed by atoms with Crippen LogP contribution in [0.25, 0.3) is 0 Å². The van der Waals surface area contributed by atoms with Gasteiger partial charge in [-0.1, -0.05) is 48.3 Å². The molecule has 134 valence electrons. The summed E-state index contributed by atoms with van der Waals surface area (Å²) in [6.07, 6.45) is 1.86. The van der Waals surface area contributed by atoms with Gasteiger partial charge in [0.25, 0.3) is 0 Å². The Morgan fingerprint density at radius 2 is 1.92 bits per heavy atom. The van der Waals surface area contributed by atoms with Crippen molar-refractivity contribution in [1.29, 1.82) is 0 Å². The van der Waals surface area contributed by atoms with Gasteiger partial charge in [-0.15, -0.1) is 0 Å². The van der Waals surface area contributed by atoms with E-state index >= 15 is 0 Å². The van der Waals surface area contributed by atoms with Gasteiger partial charge >= 0.3 is 0 Å². The largest absolute Gasteiger partial charge is 0.496 e. The van der Waals surface area contributed by atoms with E-state index in [1.165, 1.54) is 0 Å². The SMILES string of the molecule is CC[C@H](NC(=O)CCc1ccc(Cl)c(Cl)c1)c1ccc(OC)c(C)c1. The number of benzene rings is 2. The topological polar surface area (TPSA) is 38.3 Å². The van der Waals surface area contributed by atoms with Gasteiger partial charge in [0.05, 0.1) is 23.2 Å². The second kappa shape index (κ2) is 9.12. The normalized spacial score (nSPS) is 11.9. The maximum atomic E-state index is 12.3. The number of carbonyl (C=O) groups is 1. The highest BCUT2D eigenvalue weighted by molar-refractivity contribution is 6.42. The van der Waals surface area contributed by atoms with Crippen LogP contribution in [-0.2, 0) is 11.2 Å². The molecule has 2 aromatic carbocycles. The zero-order valence-electron chi connectivity index (χ0n) is 14.7. The molecule has 0 spiro atoms. The fourth-order valence-electron chi connectivity index (χ4n) is 2.76. The molecule has 0 aromatic heterocycles. The number of methoxy groups -OCH3 is 1. The van der Waals surface area contributed by atoms with Gasteiger partial charge in [-0.2, -0.15) is 0 Å². The fraction of sp³-hybridized carbons (Fsp3) is 0.350. The third-order valence-corrected chi connectivity index (χ3v) is 4.93. The number of rotatable bonds is 7. The zero-order chi connectivity index (χ0) is 18.4. The highest BCUT2D eigenvalue weighted by Crippen LogP contribution is 2.25. The van der Waals surface area contributed by atoms with Crippen LogP contribution < -0.4 is 10.1 Å². The minimum Gasteiger partial charge on any atom is -0.496 e. The van der Waals surface area contributed by atoms with Crippen LogP contribution in [-0.4, -0.2) is 13.0 Å². The monoisotopic (exact) mass is 379 g/mol. The standard InChI is InChI=1S/C20H23Cl2NO2/c1-4-18(15-7-9-19(25-3)13(2)11-15)23-20(24)10-6-14-5-8-16(21)17(22)12-14/h5,7-9,11-12,18H,4,6,10H2,1-3H3,(H,23,24)/t18-/m0/s1. The second-order valence-corrected chi connectivity index (χ2v) is 6.82. The van der Waals surface area contributed by atoms with Crippen molar-refractivity contribution in [3.63, 3.8) is 0 Å². The van der Waals surface area contributed by atoms with E-state index in [1.54, 1.807) is 19.2 Å². The van der Waals surface area contributed by atoms with Gasteiger partial charge in [0.1, 0.15) is 5.75 Å². The molecule has 0 radical (unpaired) electrons. The van der Waals surface area contributed by atoms with Crippen LogP contribution >= 0.6 is 23.2 Å². The maximum Gasteiger partial charge on any atom is 0.220 e. The molecule has 0 fully saturated rings. The summed E-state index contributed by atoms with van der Waals surface area (Å²) in [6, 6.07) is 11.4. The number of hydrogen-bond donors (Lipinski definition) is 1. The van der Waals surface area contributed by atoms with Crippen LogP contribution in [0.4, 0.5) is 0 Å². The Morgan fingerprint density at radius 3 is 2.52 bits per heavy atom. The summed E-state index contributed by atoms with van der Waals surface area (Å²) in [6.45, 7) is 4.06. The third kappa shape index (κ3) is 5.38. The number of aryl methyl sites for hydroxylation is 2. The van der Waals surface area contributed by atoms with Crippen LogP contribution in [0.2, 0.25) is 10.0 Å². The molecule has 0 saturated heterocycles. The Balaban J connectivity index is 1.97. The van der Waals surface area contributed by atoms with Crippen molar-refractivity contribution in [2.45, 2.75) is 39.2 Å². The van der Waals surface area contributed by atoms with Crippen molar-refractivity contribution in [3.8, 4) is 5.75 Å². The first kappa shape index (κ1) is 19.6. The summed E-state index contributed by atoms with van der Waals surface area (Å²) in [5.41, 5.74) is 3.14. The molecular formula is C20H23Cl2NO2. The molecule has 1 N–H and O–H groups in total. The zero-order valence-corrected chi connectivity index (χ0v) is 16.2. The first-order chi connectivity index (χ1) is 11.9. The van der Waals surface area contributed by atoms with E-state index in [-0.39, 0.29) is 11.9 Å². The van der Waals surface area contributed by atoms with E-state index in [2.05, 4.69) is 18.3 Å². The van der Waals surface area contributed by atoms with E-state index in [0.29, 0.717) is 22.9 Å². The molecule has 0 bridgehead atoms. The van der Waals surface area contributed by atoms with Crippen molar-refractivity contribution in [3.05, 3.63) is 63.1 Å². The molecule has 2 aromatic rings. The molecule has 0 aliphatic heterocycles. The Bertz CT molecular complexity index is 746. The van der Waals surface area contributed by atoms with E-state index in [1.807, 2.05) is 25.1 Å². The van der Waals surface area contributed by atoms with Crippen molar-refractivity contribution >= 4 is 29.1 Å². The summed E-state index contributed by atoms with van der Waals surface area (Å²) in [5, 5.41) is 4.14. The molecule has 5 heteroatoms. The highest BCUT2D eigenvalue weighted by atomic mass is 35.5. The third-order valence-electron chi connectivity index (χ3n) is 4.19. The lowest BCUT2D eigenvalue weighted by atomic mass is 10.0. The average molecular weight is 380 g/mol. The van der Waals surface area contributed by atoms with Crippen LogP contribution in [0.5, 0.6) is 5.75 Å². The molecule has 0 aliphatic carbocycles. The highest BCUT2D eigenvalue weighted by Gasteiger charge is 2.14. The summed E-state index contributed by atoms with van der Waals surface area (Å²) in [5.74, 6) is 0.871. The Morgan fingerprint density at radius 1 is 1.16 bits per heavy atom. The second-order valence-electron chi connectivity index (χ2n) is 6.01. The number of ether oxygens (including phenoxy) is 1. The molecule has 0 saturated carbocycles. The average Bonchev–Trinajstić information content (AvgIpc) is 2.60. The van der Waals surface area contributed by atoms with Crippen LogP contribution in [0, 0.1) is 6.92 Å². The molecule has 3 nitrogen and oxygen atoms in total. The molecular weight excluding hydrogens is 357 g/mol. The van der Waals surface area contributed by atoms with Gasteiger partial charge in [-0.25, -0.2) is 0 Å². The van der Waals surface area contributed by atoms with Gasteiger partial charge in [-0.3, -0.25) is 4.79 Å². The number of amides is 1. The summed E-state index contributed by atoms with van der Waals surface area (Å²) in [4.78, 5) is 12.3. The lowest BCUT2D eigenvalue weighted by Gasteiger charge is -2.19. The molecule has 0 heterocycles. The molecule has 1 atom stereocenters. The first-order valence-electron chi connectivity index (χ1n) is 8.32. The van der Waals surface area contributed by atoms with Crippen molar-refractivity contribution in [2.75, 3.05) is 7.11 Å². The van der Waals surface area contributed by atoms with Gasteiger partial charge < -0.3 is 10.1 Å². The minimum absolute atomic E-state index is 0.00841. The summed E-state index contributed by atoms with van der Waals surface area (Å²) < 4.78 is 5.29. The molecule has 25 heavy (non-hydrogen) atoms. The predicted molar refractivity (Wildman–Crippen MR) is 104 cm³/mol. The van der Waals surface area contributed by atoms with Crippen LogP contribution in [0.1, 0.15) is 42.5 Å². The van der Waals surface area contributed by atoms with Crippen LogP contribution in [0.3, 0.4) is 0 Å². The molecule has 2 rings (SSSR count). The maximum absolute atomic E-state index is 12.3. The first-order valence-corrected chi connectivity index (χ1v) is 9.08. The summed E-state index contributed by atoms with van der Waals surface area (Å²) in [7, 11) is 1.66. The molecule has 0 aliphatic rings. The number of carbonyl (C=O) groups excluding carboxylic acids is 1. The Labute approximate surface area is 159 Å². The van der Waals surface area contributed by atoms with Crippen molar-refractivity contribution < 1.29 is 9.53 Å². The van der Waals surface area contributed by atoms with Gasteiger partial charge in [0, 0.05) is 6.42 Å². The summed E-state index contributed by atoms with van der Waals surface area (Å²) >= 11 is 11.9. The van der Waals surface area contributed by atoms with Crippen molar-refractivity contribution in [2.24, 2.45) is 0 Å². The van der Waals surface area contributed by atoms with E-state index in [4.69, 9.17) is 27.9 Å². The molecule has 1 amide bonds. The van der Waals surface area contributed by atoms with Crippen molar-refractivity contribution in [1.82, 2.24) is 5.32 Å². The van der Waals surface area contributed by atoms with E-state index in [0.717, 1.165) is 28.9 Å². The van der Waals surface area contributed by atoms with Crippen LogP contribution in [0.15, 0.2) is 36.4 Å². The predicted octanol–water partition coefficient (Wildman–Crippen LogP) is 5.51. The lowest BCUT2D eigenvalue weighted by Crippen LogP contribution is -2.28. The quantitative estimate of drug-likeness (QED) is 0.688. The smallest absolute Gasteiger partial charge is 0.220 e. The number of halogens is 2. The van der Waals surface area contributed by atoms with Gasteiger partial charge in [0.2, 0.25) is 5.91 Å². The molecule has 0 unspecified atom stereocenters. The van der Waals surface area contributed by atoms with Gasteiger partial charge in [0.15, 0.2) is 0 Å². The van der Waals surface area contributed by atoms with E-state index in [9.17, 15) is 4.79 Å². The number of nitrogens with one attached hydrogen (secondary N) is 1. The van der Waals surface area contributed by atoms with Gasteiger partial charge in [-0.05, 0) is 54.7 Å². The lowest BCUT2D eigenvalue weighted by molar-refractivity contribution is -0.121.